The van der Waals surface area contributed by atoms with Crippen molar-refractivity contribution in [3.8, 4) is 11.4 Å². The number of hydrogen-bond donors (Lipinski definition) is 1. The highest BCUT2D eigenvalue weighted by molar-refractivity contribution is 7.89. The topological polar surface area (TPSA) is 128 Å². The minimum absolute atomic E-state index is 0.0478. The monoisotopic (exact) mass is 408 g/mol. The maximum Gasteiger partial charge on any atom is 0.270 e. The van der Waals surface area contributed by atoms with Crippen LogP contribution in [0.15, 0.2) is 51.9 Å². The van der Waals surface area contributed by atoms with Crippen LogP contribution in [0.25, 0.3) is 11.4 Å². The van der Waals surface area contributed by atoms with Gasteiger partial charge in [0.15, 0.2) is 0 Å². The first-order valence-corrected chi connectivity index (χ1v) is 9.45. The van der Waals surface area contributed by atoms with Gasteiger partial charge in [-0.3, -0.25) is 10.1 Å². The number of nitrogens with one attached hydrogen (secondary N) is 1. The maximum atomic E-state index is 12.5. The van der Waals surface area contributed by atoms with E-state index in [1.54, 1.807) is 31.2 Å². The lowest BCUT2D eigenvalue weighted by atomic mass is 10.2. The van der Waals surface area contributed by atoms with Crippen molar-refractivity contribution >= 4 is 27.3 Å². The minimum Gasteiger partial charge on any atom is -0.338 e. The van der Waals surface area contributed by atoms with Gasteiger partial charge in [0.2, 0.25) is 21.7 Å². The second-order valence-electron chi connectivity index (χ2n) is 5.55. The van der Waals surface area contributed by atoms with Crippen molar-refractivity contribution in [2.45, 2.75) is 18.4 Å². The standard InChI is InChI=1S/C16H13ClN4O5S/c1-10-2-7-13(21(22)23)8-14(10)27(24,25)18-9-15-19-16(20-26-15)11-3-5-12(17)6-4-11/h2-8,18H,9H2,1H3. The van der Waals surface area contributed by atoms with Crippen LogP contribution in [0.5, 0.6) is 0 Å². The van der Waals surface area contributed by atoms with Crippen LogP contribution in [0, 0.1) is 17.0 Å². The van der Waals surface area contributed by atoms with E-state index in [9.17, 15) is 18.5 Å². The molecule has 11 heteroatoms. The van der Waals surface area contributed by atoms with Crippen LogP contribution in [0.3, 0.4) is 0 Å². The van der Waals surface area contributed by atoms with Crippen LogP contribution < -0.4 is 4.72 Å². The Morgan fingerprint density at radius 3 is 2.59 bits per heavy atom. The second-order valence-corrected chi connectivity index (χ2v) is 7.72. The summed E-state index contributed by atoms with van der Waals surface area (Å²) < 4.78 is 32.3. The average Bonchev–Trinajstić information content (AvgIpc) is 3.10. The number of nitro benzene ring substituents is 1. The van der Waals surface area contributed by atoms with Crippen LogP contribution in [0.1, 0.15) is 11.5 Å². The largest absolute Gasteiger partial charge is 0.338 e. The lowest BCUT2D eigenvalue weighted by Gasteiger charge is -2.07. The molecule has 9 nitrogen and oxygen atoms in total. The lowest BCUT2D eigenvalue weighted by Crippen LogP contribution is -2.24. The Kier molecular flexibility index (Phi) is 5.22. The van der Waals surface area contributed by atoms with E-state index < -0.39 is 14.9 Å². The van der Waals surface area contributed by atoms with Gasteiger partial charge in [-0.1, -0.05) is 22.8 Å². The SMILES string of the molecule is Cc1ccc([N+](=O)[O-])cc1S(=O)(=O)NCc1nc(-c2ccc(Cl)cc2)no1. The molecule has 0 aliphatic heterocycles. The summed E-state index contributed by atoms with van der Waals surface area (Å²) in [6, 6.07) is 10.4. The van der Waals surface area contributed by atoms with Crippen LogP contribution in [-0.4, -0.2) is 23.5 Å². The molecule has 0 saturated carbocycles. The Balaban J connectivity index is 1.77. The van der Waals surface area contributed by atoms with E-state index in [0.29, 0.717) is 16.1 Å². The van der Waals surface area contributed by atoms with Gasteiger partial charge in [-0.05, 0) is 36.8 Å². The third kappa shape index (κ3) is 4.30. The van der Waals surface area contributed by atoms with Crippen molar-refractivity contribution in [2.75, 3.05) is 0 Å². The van der Waals surface area contributed by atoms with Gasteiger partial charge in [0, 0.05) is 22.7 Å². The Morgan fingerprint density at radius 1 is 1.22 bits per heavy atom. The van der Waals surface area contributed by atoms with Gasteiger partial charge in [-0.25, -0.2) is 13.1 Å². The zero-order valence-corrected chi connectivity index (χ0v) is 15.5. The summed E-state index contributed by atoms with van der Waals surface area (Å²) >= 11 is 5.82. The van der Waals surface area contributed by atoms with Crippen LogP contribution >= 0.6 is 11.6 Å². The number of rotatable bonds is 6. The molecule has 0 radical (unpaired) electrons. The minimum atomic E-state index is -4.01. The lowest BCUT2D eigenvalue weighted by molar-refractivity contribution is -0.385. The number of aromatic nitrogens is 2. The highest BCUT2D eigenvalue weighted by Crippen LogP contribution is 2.22. The number of halogens is 1. The zero-order valence-electron chi connectivity index (χ0n) is 13.9. The Hall–Kier alpha value is -2.82. The molecule has 1 N–H and O–H groups in total. The number of aryl methyl sites for hydroxylation is 1. The molecule has 3 aromatic rings. The summed E-state index contributed by atoms with van der Waals surface area (Å²) in [4.78, 5) is 14.2. The third-order valence-corrected chi connectivity index (χ3v) is 5.45. The van der Waals surface area contributed by atoms with Crippen molar-refractivity contribution in [3.05, 3.63) is 69.1 Å². The molecule has 0 aliphatic rings. The summed E-state index contributed by atoms with van der Waals surface area (Å²) in [5.41, 5.74) is 0.719. The van der Waals surface area contributed by atoms with Crippen molar-refractivity contribution in [1.29, 1.82) is 0 Å². The normalized spacial score (nSPS) is 11.5. The summed E-state index contributed by atoms with van der Waals surface area (Å²) in [5, 5.41) is 15.2. The molecule has 0 bridgehead atoms. The van der Waals surface area contributed by atoms with Gasteiger partial charge in [0.25, 0.3) is 5.69 Å². The van der Waals surface area contributed by atoms with Gasteiger partial charge in [0.1, 0.15) is 0 Å². The number of hydrogen-bond acceptors (Lipinski definition) is 7. The van der Waals surface area contributed by atoms with Crippen molar-refractivity contribution in [2.24, 2.45) is 0 Å². The maximum absolute atomic E-state index is 12.5. The molecule has 0 fully saturated rings. The molecule has 0 aliphatic carbocycles. The third-order valence-electron chi connectivity index (χ3n) is 3.66. The molecule has 0 amide bonds. The molecule has 0 unspecified atom stereocenters. The zero-order chi connectivity index (χ0) is 19.6. The molecular weight excluding hydrogens is 396 g/mol. The van der Waals surface area contributed by atoms with E-state index in [4.69, 9.17) is 16.1 Å². The van der Waals surface area contributed by atoms with Crippen molar-refractivity contribution < 1.29 is 17.9 Å². The fourth-order valence-electron chi connectivity index (χ4n) is 2.27. The molecule has 1 aromatic heterocycles. The summed E-state index contributed by atoms with van der Waals surface area (Å²) in [5.74, 6) is 0.332. The molecule has 27 heavy (non-hydrogen) atoms. The average molecular weight is 409 g/mol. The fourth-order valence-corrected chi connectivity index (χ4v) is 3.63. The first-order chi connectivity index (χ1) is 12.8. The molecule has 0 atom stereocenters. The van der Waals surface area contributed by atoms with E-state index in [2.05, 4.69) is 14.9 Å². The van der Waals surface area contributed by atoms with Crippen LogP contribution in [0.2, 0.25) is 5.02 Å². The Labute approximate surface area is 159 Å². The first-order valence-electron chi connectivity index (χ1n) is 7.59. The van der Waals surface area contributed by atoms with E-state index in [1.807, 2.05) is 0 Å². The Morgan fingerprint density at radius 2 is 1.93 bits per heavy atom. The van der Waals surface area contributed by atoms with E-state index in [-0.39, 0.29) is 28.8 Å². The molecule has 140 valence electrons. The predicted octanol–water partition coefficient (Wildman–Crippen LogP) is 3.09. The number of non-ortho nitro benzene ring substituents is 1. The summed E-state index contributed by atoms with van der Waals surface area (Å²) in [6.45, 7) is 1.29. The van der Waals surface area contributed by atoms with E-state index >= 15 is 0 Å². The smallest absolute Gasteiger partial charge is 0.270 e. The van der Waals surface area contributed by atoms with Crippen molar-refractivity contribution in [3.63, 3.8) is 0 Å². The molecule has 0 spiro atoms. The van der Waals surface area contributed by atoms with E-state index in [0.717, 1.165) is 6.07 Å². The van der Waals surface area contributed by atoms with E-state index in [1.165, 1.54) is 12.1 Å². The first kappa shape index (κ1) is 19.0. The van der Waals surface area contributed by atoms with Gasteiger partial charge >= 0.3 is 0 Å². The Bertz CT molecular complexity index is 1100. The van der Waals surface area contributed by atoms with Crippen molar-refractivity contribution in [1.82, 2.24) is 14.9 Å². The number of nitro groups is 1. The van der Waals surface area contributed by atoms with Crippen LogP contribution in [0.4, 0.5) is 5.69 Å². The molecule has 1 heterocycles. The highest BCUT2D eigenvalue weighted by Gasteiger charge is 2.21. The predicted molar refractivity (Wildman–Crippen MR) is 96.6 cm³/mol. The molecule has 3 rings (SSSR count). The summed E-state index contributed by atoms with van der Waals surface area (Å²) in [6.07, 6.45) is 0. The molecule has 2 aromatic carbocycles. The summed E-state index contributed by atoms with van der Waals surface area (Å²) in [7, 11) is -4.01. The molecule has 0 saturated heterocycles. The van der Waals surface area contributed by atoms with Gasteiger partial charge in [-0.2, -0.15) is 4.98 Å². The highest BCUT2D eigenvalue weighted by atomic mass is 35.5. The van der Waals surface area contributed by atoms with Crippen LogP contribution in [-0.2, 0) is 16.6 Å². The fraction of sp³-hybridized carbons (Fsp3) is 0.125. The van der Waals surface area contributed by atoms with Gasteiger partial charge < -0.3 is 4.52 Å². The second kappa shape index (κ2) is 7.43. The number of nitrogens with zero attached hydrogens (tertiary/aromatic N) is 3. The number of benzene rings is 2. The quantitative estimate of drug-likeness (QED) is 0.490. The van der Waals surface area contributed by atoms with Gasteiger partial charge in [-0.15, -0.1) is 0 Å². The molecular formula is C16H13ClN4O5S. The van der Waals surface area contributed by atoms with Gasteiger partial charge in [0.05, 0.1) is 16.4 Å². The number of sulfonamides is 1.